The third-order valence-electron chi connectivity index (χ3n) is 4.28. The van der Waals surface area contributed by atoms with E-state index in [0.717, 1.165) is 11.0 Å². The SMILES string of the molecule is CCCn1c(N/N=C/c2ccc([N+](=O)[O-])cc2)nc2c1c(=O)n(C)c(=O)n2C. The number of aryl methyl sites for hydroxylation is 2. The molecule has 0 aliphatic rings. The number of fused-ring (bicyclic) bond motifs is 1. The summed E-state index contributed by atoms with van der Waals surface area (Å²) in [6.07, 6.45) is 2.23. The lowest BCUT2D eigenvalue weighted by Gasteiger charge is -2.07. The van der Waals surface area contributed by atoms with Gasteiger partial charge in [-0.15, -0.1) is 0 Å². The lowest BCUT2D eigenvalue weighted by molar-refractivity contribution is -0.384. The minimum absolute atomic E-state index is 0.00777. The Hall–Kier alpha value is -3.76. The van der Waals surface area contributed by atoms with Gasteiger partial charge in [-0.2, -0.15) is 10.1 Å². The zero-order valence-electron chi connectivity index (χ0n) is 15.6. The number of nitro benzene ring substituents is 1. The van der Waals surface area contributed by atoms with Gasteiger partial charge in [0.15, 0.2) is 11.2 Å². The van der Waals surface area contributed by atoms with Gasteiger partial charge in [0.2, 0.25) is 5.95 Å². The molecular formula is C17H19N7O4. The van der Waals surface area contributed by atoms with E-state index in [-0.39, 0.29) is 11.3 Å². The third kappa shape index (κ3) is 3.29. The summed E-state index contributed by atoms with van der Waals surface area (Å²) in [7, 11) is 2.98. The van der Waals surface area contributed by atoms with Crippen LogP contribution in [0.2, 0.25) is 0 Å². The zero-order valence-corrected chi connectivity index (χ0v) is 15.6. The van der Waals surface area contributed by atoms with Gasteiger partial charge in [0, 0.05) is 32.8 Å². The molecular weight excluding hydrogens is 366 g/mol. The smallest absolute Gasteiger partial charge is 0.303 e. The summed E-state index contributed by atoms with van der Waals surface area (Å²) in [4.78, 5) is 39.3. The molecule has 11 nitrogen and oxygen atoms in total. The molecule has 0 amide bonds. The summed E-state index contributed by atoms with van der Waals surface area (Å²) in [5, 5.41) is 14.8. The summed E-state index contributed by atoms with van der Waals surface area (Å²) < 4.78 is 4.04. The van der Waals surface area contributed by atoms with Gasteiger partial charge < -0.3 is 4.57 Å². The first-order chi connectivity index (χ1) is 13.3. The van der Waals surface area contributed by atoms with Crippen LogP contribution >= 0.6 is 0 Å². The standard InChI is InChI=1S/C17H19N7O4/c1-4-9-23-13-14(21(2)17(26)22(3)15(13)25)19-16(23)20-18-10-11-5-7-12(8-6-11)24(27)28/h5-8,10H,4,9H2,1-3H3,(H,19,20)/b18-10+. The highest BCUT2D eigenvalue weighted by molar-refractivity contribution is 5.81. The topological polar surface area (TPSA) is 129 Å². The molecule has 2 heterocycles. The van der Waals surface area contributed by atoms with Crippen LogP contribution in [0.1, 0.15) is 18.9 Å². The van der Waals surface area contributed by atoms with Gasteiger partial charge in [0.05, 0.1) is 11.1 Å². The Morgan fingerprint density at radius 1 is 1.21 bits per heavy atom. The number of aromatic nitrogens is 4. The molecule has 3 aromatic rings. The Labute approximate surface area is 158 Å². The van der Waals surface area contributed by atoms with Crippen LogP contribution in [0, 0.1) is 10.1 Å². The number of hydrogen-bond acceptors (Lipinski definition) is 7. The van der Waals surface area contributed by atoms with Crippen LogP contribution in [0.4, 0.5) is 11.6 Å². The minimum atomic E-state index is -0.475. The van der Waals surface area contributed by atoms with Crippen LogP contribution in [-0.2, 0) is 20.6 Å². The Bertz CT molecular complexity index is 1190. The summed E-state index contributed by atoms with van der Waals surface area (Å²) >= 11 is 0. The molecule has 1 N–H and O–H groups in total. The largest absolute Gasteiger partial charge is 0.332 e. The third-order valence-corrected chi connectivity index (χ3v) is 4.28. The van der Waals surface area contributed by atoms with Crippen LogP contribution in [0.5, 0.6) is 0 Å². The van der Waals surface area contributed by atoms with E-state index in [0.29, 0.717) is 23.6 Å². The fourth-order valence-corrected chi connectivity index (χ4v) is 2.82. The van der Waals surface area contributed by atoms with Crippen LogP contribution in [0.15, 0.2) is 39.0 Å². The Kier molecular flexibility index (Phi) is 5.07. The average molecular weight is 385 g/mol. The second kappa shape index (κ2) is 7.47. The molecule has 0 aliphatic carbocycles. The van der Waals surface area contributed by atoms with Crippen LogP contribution < -0.4 is 16.7 Å². The van der Waals surface area contributed by atoms with Crippen molar-refractivity contribution < 1.29 is 4.92 Å². The maximum absolute atomic E-state index is 12.6. The zero-order chi connectivity index (χ0) is 20.4. The van der Waals surface area contributed by atoms with Crippen molar-refractivity contribution in [3.05, 3.63) is 60.8 Å². The molecule has 0 spiro atoms. The molecule has 0 radical (unpaired) electrons. The number of benzene rings is 1. The minimum Gasteiger partial charge on any atom is -0.303 e. The molecule has 3 rings (SSSR count). The Balaban J connectivity index is 1.98. The van der Waals surface area contributed by atoms with Crippen LogP contribution in [-0.4, -0.2) is 29.8 Å². The maximum Gasteiger partial charge on any atom is 0.332 e. The maximum atomic E-state index is 12.6. The van der Waals surface area contributed by atoms with Crippen molar-refractivity contribution in [3.8, 4) is 0 Å². The van der Waals surface area contributed by atoms with Gasteiger partial charge in [-0.1, -0.05) is 6.92 Å². The predicted octanol–water partition coefficient (Wildman–Crippen LogP) is 1.20. The Morgan fingerprint density at radius 3 is 2.50 bits per heavy atom. The summed E-state index contributed by atoms with van der Waals surface area (Å²) in [5.74, 6) is 0.327. The van der Waals surface area contributed by atoms with E-state index < -0.39 is 16.2 Å². The number of anilines is 1. The number of non-ortho nitro benzene ring substituents is 1. The molecule has 0 saturated carbocycles. The van der Waals surface area contributed by atoms with Crippen molar-refractivity contribution in [2.75, 3.05) is 5.43 Å². The highest BCUT2D eigenvalue weighted by Crippen LogP contribution is 2.16. The van der Waals surface area contributed by atoms with E-state index in [1.165, 1.54) is 30.0 Å². The highest BCUT2D eigenvalue weighted by Gasteiger charge is 2.18. The first-order valence-corrected chi connectivity index (χ1v) is 8.55. The highest BCUT2D eigenvalue weighted by atomic mass is 16.6. The number of rotatable bonds is 6. The van der Waals surface area contributed by atoms with E-state index in [9.17, 15) is 19.7 Å². The number of nitro groups is 1. The van der Waals surface area contributed by atoms with Crippen molar-refractivity contribution in [2.24, 2.45) is 19.2 Å². The molecule has 0 fully saturated rings. The van der Waals surface area contributed by atoms with Crippen LogP contribution in [0.25, 0.3) is 11.2 Å². The average Bonchev–Trinajstić information content (AvgIpc) is 3.04. The lowest BCUT2D eigenvalue weighted by Crippen LogP contribution is -2.37. The van der Waals surface area contributed by atoms with E-state index in [1.54, 1.807) is 23.7 Å². The van der Waals surface area contributed by atoms with E-state index in [1.807, 2.05) is 6.92 Å². The molecule has 0 aliphatic heterocycles. The van der Waals surface area contributed by atoms with Gasteiger partial charge in [-0.3, -0.25) is 24.0 Å². The number of hydrazone groups is 1. The normalized spacial score (nSPS) is 11.4. The van der Waals surface area contributed by atoms with E-state index >= 15 is 0 Å². The van der Waals surface area contributed by atoms with Crippen molar-refractivity contribution in [3.63, 3.8) is 0 Å². The van der Waals surface area contributed by atoms with E-state index in [2.05, 4.69) is 15.5 Å². The molecule has 0 unspecified atom stereocenters. The van der Waals surface area contributed by atoms with Crippen LogP contribution in [0.3, 0.4) is 0 Å². The molecule has 146 valence electrons. The van der Waals surface area contributed by atoms with Crippen molar-refractivity contribution in [1.29, 1.82) is 0 Å². The molecule has 0 saturated heterocycles. The van der Waals surface area contributed by atoms with Gasteiger partial charge in [0.25, 0.3) is 11.2 Å². The molecule has 0 bridgehead atoms. The van der Waals surface area contributed by atoms with Crippen molar-refractivity contribution >= 4 is 29.0 Å². The number of nitrogens with zero attached hydrogens (tertiary/aromatic N) is 6. The lowest BCUT2D eigenvalue weighted by atomic mass is 10.2. The second-order valence-electron chi connectivity index (χ2n) is 6.18. The molecule has 28 heavy (non-hydrogen) atoms. The first-order valence-electron chi connectivity index (χ1n) is 8.55. The molecule has 11 heteroatoms. The first kappa shape index (κ1) is 19.0. The van der Waals surface area contributed by atoms with Gasteiger partial charge in [-0.05, 0) is 24.1 Å². The number of imidazole rings is 1. The monoisotopic (exact) mass is 385 g/mol. The second-order valence-corrected chi connectivity index (χ2v) is 6.18. The molecule has 2 aromatic heterocycles. The molecule has 0 atom stereocenters. The number of hydrogen-bond donors (Lipinski definition) is 1. The summed E-state index contributed by atoms with van der Waals surface area (Å²) in [5.41, 5.74) is 3.14. The Morgan fingerprint density at radius 2 is 1.89 bits per heavy atom. The van der Waals surface area contributed by atoms with Gasteiger partial charge >= 0.3 is 5.69 Å². The summed E-state index contributed by atoms with van der Waals surface area (Å²) in [6.45, 7) is 2.47. The number of nitrogens with one attached hydrogen (secondary N) is 1. The fourth-order valence-electron chi connectivity index (χ4n) is 2.82. The quantitative estimate of drug-likeness (QED) is 0.385. The fraction of sp³-hybridized carbons (Fsp3) is 0.294. The van der Waals surface area contributed by atoms with Gasteiger partial charge in [-0.25, -0.2) is 10.2 Å². The molecule has 1 aromatic carbocycles. The van der Waals surface area contributed by atoms with Gasteiger partial charge in [0.1, 0.15) is 0 Å². The van der Waals surface area contributed by atoms with E-state index in [4.69, 9.17) is 0 Å². The van der Waals surface area contributed by atoms with Crippen molar-refractivity contribution in [1.82, 2.24) is 18.7 Å². The predicted molar refractivity (Wildman–Crippen MR) is 105 cm³/mol. The van der Waals surface area contributed by atoms with Crippen molar-refractivity contribution in [2.45, 2.75) is 19.9 Å². The summed E-state index contributed by atoms with van der Waals surface area (Å²) in [6, 6.07) is 5.90.